The third-order valence-electron chi connectivity index (χ3n) is 4.52. The van der Waals surface area contributed by atoms with Crippen molar-refractivity contribution in [2.45, 2.75) is 13.3 Å². The largest absolute Gasteiger partial charge is 0.481 e. The summed E-state index contributed by atoms with van der Waals surface area (Å²) in [6.45, 7) is 2.60. The zero-order valence-electron chi connectivity index (χ0n) is 14.7. The third kappa shape index (κ3) is 4.42. The number of halogens is 2. The number of nitrogens with zero attached hydrogens (tertiary/aromatic N) is 1. The van der Waals surface area contributed by atoms with Gasteiger partial charge in [-0.15, -0.1) is 0 Å². The molecular weight excluding hydrogens is 356 g/mol. The van der Waals surface area contributed by atoms with Crippen molar-refractivity contribution in [1.29, 1.82) is 0 Å². The second-order valence-corrected chi connectivity index (χ2v) is 6.79. The number of carboxylic acid groups (broad SMARTS) is 1. The SMILES string of the molecule is CC1CC(C(=O)O)CN(C(=O)c2ccc(Oc3ccc(F)cc3F)cc2)C1. The highest BCUT2D eigenvalue weighted by atomic mass is 19.1. The normalized spacial score (nSPS) is 19.6. The van der Waals surface area contributed by atoms with Gasteiger partial charge in [-0.05, 0) is 48.7 Å². The van der Waals surface area contributed by atoms with Gasteiger partial charge in [-0.25, -0.2) is 8.78 Å². The van der Waals surface area contributed by atoms with Crippen molar-refractivity contribution in [3.63, 3.8) is 0 Å². The van der Waals surface area contributed by atoms with Crippen LogP contribution < -0.4 is 4.74 Å². The van der Waals surface area contributed by atoms with E-state index in [0.717, 1.165) is 12.1 Å². The zero-order valence-corrected chi connectivity index (χ0v) is 14.7. The zero-order chi connectivity index (χ0) is 19.6. The number of likely N-dealkylation sites (tertiary alicyclic amines) is 1. The Balaban J connectivity index is 1.71. The minimum absolute atomic E-state index is 0.104. The summed E-state index contributed by atoms with van der Waals surface area (Å²) in [7, 11) is 0. The summed E-state index contributed by atoms with van der Waals surface area (Å²) in [4.78, 5) is 25.5. The Hall–Kier alpha value is -2.96. The Morgan fingerprint density at radius 1 is 1.11 bits per heavy atom. The van der Waals surface area contributed by atoms with Crippen molar-refractivity contribution >= 4 is 11.9 Å². The van der Waals surface area contributed by atoms with Crippen LogP contribution in [0.4, 0.5) is 8.78 Å². The number of benzene rings is 2. The van der Waals surface area contributed by atoms with Gasteiger partial charge in [0.25, 0.3) is 5.91 Å². The molecule has 1 amide bonds. The van der Waals surface area contributed by atoms with Crippen LogP contribution in [0.1, 0.15) is 23.7 Å². The molecule has 1 aliphatic rings. The molecule has 1 saturated heterocycles. The fraction of sp³-hybridized carbons (Fsp3) is 0.300. The van der Waals surface area contributed by atoms with Crippen LogP contribution >= 0.6 is 0 Å². The van der Waals surface area contributed by atoms with Crippen molar-refractivity contribution in [2.75, 3.05) is 13.1 Å². The maximum absolute atomic E-state index is 13.7. The van der Waals surface area contributed by atoms with Gasteiger partial charge in [0, 0.05) is 24.7 Å². The number of carbonyl (C=O) groups is 2. The molecule has 0 aliphatic carbocycles. The second kappa shape index (κ2) is 7.73. The molecule has 3 rings (SSSR count). The van der Waals surface area contributed by atoms with Crippen molar-refractivity contribution in [1.82, 2.24) is 4.90 Å². The predicted octanol–water partition coefficient (Wildman–Crippen LogP) is 3.94. The highest BCUT2D eigenvalue weighted by Crippen LogP contribution is 2.27. The summed E-state index contributed by atoms with van der Waals surface area (Å²) >= 11 is 0. The molecule has 27 heavy (non-hydrogen) atoms. The Bertz CT molecular complexity index is 854. The molecule has 1 N–H and O–H groups in total. The third-order valence-corrected chi connectivity index (χ3v) is 4.52. The van der Waals surface area contributed by atoms with Crippen molar-refractivity contribution in [3.8, 4) is 11.5 Å². The van der Waals surface area contributed by atoms with Gasteiger partial charge in [-0.1, -0.05) is 6.92 Å². The van der Waals surface area contributed by atoms with E-state index in [0.29, 0.717) is 24.3 Å². The van der Waals surface area contributed by atoms with E-state index in [1.165, 1.54) is 30.3 Å². The smallest absolute Gasteiger partial charge is 0.308 e. The molecule has 1 heterocycles. The highest BCUT2D eigenvalue weighted by Gasteiger charge is 2.32. The van der Waals surface area contributed by atoms with Crippen LogP contribution in [0.25, 0.3) is 0 Å². The number of carbonyl (C=O) groups excluding carboxylic acids is 1. The minimum Gasteiger partial charge on any atom is -0.481 e. The number of hydrogen-bond acceptors (Lipinski definition) is 3. The Kier molecular flexibility index (Phi) is 5.39. The van der Waals surface area contributed by atoms with Gasteiger partial charge >= 0.3 is 5.97 Å². The fourth-order valence-electron chi connectivity index (χ4n) is 3.23. The first-order valence-corrected chi connectivity index (χ1v) is 8.58. The van der Waals surface area contributed by atoms with E-state index in [1.54, 1.807) is 4.90 Å². The lowest BCUT2D eigenvalue weighted by Crippen LogP contribution is -2.45. The molecule has 1 fully saturated rings. The van der Waals surface area contributed by atoms with Crippen LogP contribution in [0.5, 0.6) is 11.5 Å². The second-order valence-electron chi connectivity index (χ2n) is 6.79. The lowest BCUT2D eigenvalue weighted by molar-refractivity contribution is -0.143. The fourth-order valence-corrected chi connectivity index (χ4v) is 3.23. The summed E-state index contributed by atoms with van der Waals surface area (Å²) in [5.41, 5.74) is 0.389. The molecular formula is C20H19F2NO4. The quantitative estimate of drug-likeness (QED) is 0.879. The summed E-state index contributed by atoms with van der Waals surface area (Å²) in [6.07, 6.45) is 0.551. The molecule has 7 heteroatoms. The topological polar surface area (TPSA) is 66.8 Å². The van der Waals surface area contributed by atoms with Gasteiger partial charge in [0.05, 0.1) is 5.92 Å². The molecule has 2 atom stereocenters. The molecule has 0 aromatic heterocycles. The molecule has 5 nitrogen and oxygen atoms in total. The summed E-state index contributed by atoms with van der Waals surface area (Å²) in [6, 6.07) is 9.10. The summed E-state index contributed by atoms with van der Waals surface area (Å²) in [5.74, 6) is -2.96. The lowest BCUT2D eigenvalue weighted by atomic mass is 9.90. The molecule has 2 aromatic rings. The van der Waals surface area contributed by atoms with Crippen LogP contribution in [0.2, 0.25) is 0 Å². The number of rotatable bonds is 4. The maximum atomic E-state index is 13.7. The van der Waals surface area contributed by atoms with Crippen LogP contribution in [-0.2, 0) is 4.79 Å². The predicted molar refractivity (Wildman–Crippen MR) is 93.7 cm³/mol. The van der Waals surface area contributed by atoms with Crippen LogP contribution in [0.3, 0.4) is 0 Å². The molecule has 142 valence electrons. The summed E-state index contributed by atoms with van der Waals surface area (Å²) < 4.78 is 32.0. The molecule has 2 unspecified atom stereocenters. The van der Waals surface area contributed by atoms with Crippen molar-refractivity contribution in [2.24, 2.45) is 11.8 Å². The summed E-state index contributed by atoms with van der Waals surface area (Å²) in [5, 5.41) is 9.23. The first-order valence-electron chi connectivity index (χ1n) is 8.58. The lowest BCUT2D eigenvalue weighted by Gasteiger charge is -2.34. The van der Waals surface area contributed by atoms with Gasteiger partial charge < -0.3 is 14.7 Å². The number of carboxylic acids is 1. The maximum Gasteiger partial charge on any atom is 0.308 e. The highest BCUT2D eigenvalue weighted by molar-refractivity contribution is 5.94. The average molecular weight is 375 g/mol. The van der Waals surface area contributed by atoms with Crippen molar-refractivity contribution in [3.05, 3.63) is 59.7 Å². The molecule has 0 radical (unpaired) electrons. The average Bonchev–Trinajstić information content (AvgIpc) is 2.63. The van der Waals surface area contributed by atoms with E-state index in [-0.39, 0.29) is 24.1 Å². The van der Waals surface area contributed by atoms with Crippen molar-refractivity contribution < 1.29 is 28.2 Å². The molecule has 0 saturated carbocycles. The molecule has 0 spiro atoms. The van der Waals surface area contributed by atoms with Crippen LogP contribution in [-0.4, -0.2) is 35.0 Å². The number of amides is 1. The number of ether oxygens (including phenoxy) is 1. The van der Waals surface area contributed by atoms with E-state index < -0.39 is 23.5 Å². The molecule has 1 aliphatic heterocycles. The first kappa shape index (κ1) is 18.8. The Labute approximate surface area is 155 Å². The van der Waals surface area contributed by atoms with Crippen LogP contribution in [0, 0.1) is 23.5 Å². The Morgan fingerprint density at radius 3 is 2.44 bits per heavy atom. The van der Waals surface area contributed by atoms with Gasteiger partial charge in [0.2, 0.25) is 0 Å². The Morgan fingerprint density at radius 2 is 1.81 bits per heavy atom. The number of hydrogen-bond donors (Lipinski definition) is 1. The van der Waals surface area contributed by atoms with Gasteiger partial charge in [0.1, 0.15) is 11.6 Å². The first-order chi connectivity index (χ1) is 12.8. The minimum atomic E-state index is -0.899. The molecule has 2 aromatic carbocycles. The van der Waals surface area contributed by atoms with Gasteiger partial charge in [0.15, 0.2) is 11.6 Å². The standard InChI is InChI=1S/C20H19F2NO4/c1-12-8-14(20(25)26)11-23(10-12)19(24)13-2-5-16(6-3-13)27-18-7-4-15(21)9-17(18)22/h2-7,9,12,14H,8,10-11H2,1H3,(H,25,26). The van der Waals surface area contributed by atoms with E-state index >= 15 is 0 Å². The van der Waals surface area contributed by atoms with Gasteiger partial charge in [-0.3, -0.25) is 9.59 Å². The number of piperidine rings is 1. The monoisotopic (exact) mass is 375 g/mol. The van der Waals surface area contributed by atoms with E-state index in [1.807, 2.05) is 6.92 Å². The van der Waals surface area contributed by atoms with Gasteiger partial charge in [-0.2, -0.15) is 0 Å². The van der Waals surface area contributed by atoms with Crippen LogP contribution in [0.15, 0.2) is 42.5 Å². The van der Waals surface area contributed by atoms with E-state index in [9.17, 15) is 23.5 Å². The van der Waals surface area contributed by atoms with E-state index in [4.69, 9.17) is 4.74 Å². The van der Waals surface area contributed by atoms with E-state index in [2.05, 4.69) is 0 Å². The molecule has 0 bridgehead atoms. The number of aliphatic carboxylic acids is 1.